The second-order valence-corrected chi connectivity index (χ2v) is 5.76. The van der Waals surface area contributed by atoms with Crippen molar-refractivity contribution >= 4 is 23.3 Å². The van der Waals surface area contributed by atoms with Crippen LogP contribution in [0.15, 0.2) is 4.34 Å². The maximum atomic E-state index is 5.49. The zero-order chi connectivity index (χ0) is 10.7. The Kier molecular flexibility index (Phi) is 3.96. The van der Waals surface area contributed by atoms with Gasteiger partial charge >= 0.3 is 0 Å². The minimum absolute atomic E-state index is 0.455. The van der Waals surface area contributed by atoms with Crippen LogP contribution in [-0.4, -0.2) is 40.9 Å². The van der Waals surface area contributed by atoms with E-state index >= 15 is 0 Å². The highest BCUT2D eigenvalue weighted by atomic mass is 32.2. The minimum atomic E-state index is 0.455. The predicted molar refractivity (Wildman–Crippen MR) is 62.6 cm³/mol. The Morgan fingerprint density at radius 1 is 1.60 bits per heavy atom. The molecule has 0 bridgehead atoms. The summed E-state index contributed by atoms with van der Waals surface area (Å²) in [4.78, 5) is 4.36. The van der Waals surface area contributed by atoms with Crippen LogP contribution >= 0.6 is 23.3 Å². The lowest BCUT2D eigenvalue weighted by molar-refractivity contribution is 0.0850. The first kappa shape index (κ1) is 11.3. The highest BCUT2D eigenvalue weighted by molar-refractivity contribution is 8.01. The number of ether oxygens (including phenoxy) is 1. The van der Waals surface area contributed by atoms with Gasteiger partial charge in [0.2, 0.25) is 0 Å². The number of hydrogen-bond donors (Lipinski definition) is 1. The fourth-order valence-corrected chi connectivity index (χ4v) is 3.74. The fourth-order valence-electron chi connectivity index (χ4n) is 1.61. The molecule has 0 aromatic carbocycles. The molecule has 0 spiro atoms. The van der Waals surface area contributed by atoms with Crippen LogP contribution in [-0.2, 0) is 4.74 Å². The van der Waals surface area contributed by atoms with Crippen molar-refractivity contribution in [1.82, 2.24) is 14.7 Å². The van der Waals surface area contributed by atoms with E-state index in [1.54, 1.807) is 11.8 Å². The highest BCUT2D eigenvalue weighted by Gasteiger charge is 2.26. The molecule has 2 atom stereocenters. The first-order valence-electron chi connectivity index (χ1n) is 5.01. The van der Waals surface area contributed by atoms with Gasteiger partial charge < -0.3 is 10.1 Å². The Labute approximate surface area is 98.0 Å². The van der Waals surface area contributed by atoms with Gasteiger partial charge in [0, 0.05) is 12.6 Å². The molecule has 15 heavy (non-hydrogen) atoms. The molecule has 0 radical (unpaired) electrons. The van der Waals surface area contributed by atoms with Gasteiger partial charge in [0.25, 0.3) is 0 Å². The van der Waals surface area contributed by atoms with Gasteiger partial charge in [0.15, 0.2) is 4.34 Å². The maximum Gasteiger partial charge on any atom is 0.170 e. The molecule has 6 heteroatoms. The molecule has 2 heterocycles. The van der Waals surface area contributed by atoms with Gasteiger partial charge in [-0.15, -0.1) is 0 Å². The average molecular weight is 245 g/mol. The molecule has 84 valence electrons. The zero-order valence-corrected chi connectivity index (χ0v) is 10.5. The van der Waals surface area contributed by atoms with E-state index in [1.165, 1.54) is 11.5 Å². The molecule has 1 aromatic heterocycles. The summed E-state index contributed by atoms with van der Waals surface area (Å²) in [7, 11) is 2.01. The SMILES string of the molecule is CNC1CCOCC1Sc1nc(C)ns1. The van der Waals surface area contributed by atoms with Crippen LogP contribution in [0.4, 0.5) is 0 Å². The van der Waals surface area contributed by atoms with E-state index in [0.29, 0.717) is 11.3 Å². The lowest BCUT2D eigenvalue weighted by Gasteiger charge is -2.29. The van der Waals surface area contributed by atoms with Crippen LogP contribution in [0.25, 0.3) is 0 Å². The van der Waals surface area contributed by atoms with Crippen LogP contribution in [0.3, 0.4) is 0 Å². The van der Waals surface area contributed by atoms with Crippen molar-refractivity contribution in [3.8, 4) is 0 Å². The van der Waals surface area contributed by atoms with Crippen molar-refractivity contribution in [3.05, 3.63) is 5.82 Å². The molecule has 1 aromatic rings. The number of nitrogens with one attached hydrogen (secondary N) is 1. The Bertz CT molecular complexity index is 318. The van der Waals surface area contributed by atoms with Gasteiger partial charge in [-0.05, 0) is 31.9 Å². The van der Waals surface area contributed by atoms with Gasteiger partial charge in [-0.2, -0.15) is 4.37 Å². The summed E-state index contributed by atoms with van der Waals surface area (Å²) >= 11 is 3.25. The van der Waals surface area contributed by atoms with Crippen molar-refractivity contribution < 1.29 is 4.74 Å². The second-order valence-electron chi connectivity index (χ2n) is 3.52. The summed E-state index contributed by atoms with van der Waals surface area (Å²) < 4.78 is 10.7. The molecule has 1 saturated heterocycles. The third kappa shape index (κ3) is 2.90. The molecule has 0 aliphatic carbocycles. The Hall–Kier alpha value is -0.170. The molecule has 1 fully saturated rings. The number of aryl methyl sites for hydroxylation is 1. The van der Waals surface area contributed by atoms with E-state index in [0.717, 1.165) is 29.8 Å². The number of nitrogens with zero attached hydrogens (tertiary/aromatic N) is 2. The van der Waals surface area contributed by atoms with Crippen LogP contribution in [0.5, 0.6) is 0 Å². The normalized spacial score (nSPS) is 26.8. The molecule has 4 nitrogen and oxygen atoms in total. The Morgan fingerprint density at radius 3 is 3.13 bits per heavy atom. The van der Waals surface area contributed by atoms with Crippen molar-refractivity contribution in [1.29, 1.82) is 0 Å². The summed E-state index contributed by atoms with van der Waals surface area (Å²) in [5, 5.41) is 3.79. The summed E-state index contributed by atoms with van der Waals surface area (Å²) in [6.07, 6.45) is 1.08. The van der Waals surface area contributed by atoms with E-state index in [1.807, 2.05) is 14.0 Å². The summed E-state index contributed by atoms with van der Waals surface area (Å²) in [6, 6.07) is 0.521. The van der Waals surface area contributed by atoms with E-state index in [-0.39, 0.29) is 0 Å². The zero-order valence-electron chi connectivity index (χ0n) is 8.90. The Balaban J connectivity index is 1.97. The van der Waals surface area contributed by atoms with Crippen LogP contribution in [0, 0.1) is 6.92 Å². The molecular formula is C9H15N3OS2. The van der Waals surface area contributed by atoms with Crippen LogP contribution < -0.4 is 5.32 Å². The fraction of sp³-hybridized carbons (Fsp3) is 0.778. The van der Waals surface area contributed by atoms with Crippen molar-refractivity contribution in [2.24, 2.45) is 0 Å². The first-order chi connectivity index (χ1) is 7.29. The number of hydrogen-bond acceptors (Lipinski definition) is 6. The van der Waals surface area contributed by atoms with E-state index < -0.39 is 0 Å². The molecular weight excluding hydrogens is 230 g/mol. The van der Waals surface area contributed by atoms with Gasteiger partial charge in [-0.1, -0.05) is 11.8 Å². The van der Waals surface area contributed by atoms with E-state index in [4.69, 9.17) is 4.74 Å². The topological polar surface area (TPSA) is 47.0 Å². The van der Waals surface area contributed by atoms with Crippen LogP contribution in [0.2, 0.25) is 0 Å². The molecule has 1 aliphatic rings. The Morgan fingerprint density at radius 2 is 2.47 bits per heavy atom. The third-order valence-electron chi connectivity index (χ3n) is 2.44. The molecule has 0 amide bonds. The van der Waals surface area contributed by atoms with Gasteiger partial charge in [0.1, 0.15) is 5.82 Å². The first-order valence-corrected chi connectivity index (χ1v) is 6.67. The monoisotopic (exact) mass is 245 g/mol. The van der Waals surface area contributed by atoms with Gasteiger partial charge in [0.05, 0.1) is 11.9 Å². The predicted octanol–water partition coefficient (Wildman–Crippen LogP) is 1.32. The number of aromatic nitrogens is 2. The maximum absolute atomic E-state index is 5.49. The molecule has 0 saturated carbocycles. The second kappa shape index (κ2) is 5.25. The lowest BCUT2D eigenvalue weighted by Crippen LogP contribution is -2.43. The van der Waals surface area contributed by atoms with Crippen molar-refractivity contribution in [3.63, 3.8) is 0 Å². The summed E-state index contributed by atoms with van der Waals surface area (Å²) in [5.41, 5.74) is 0. The lowest BCUT2D eigenvalue weighted by atomic mass is 10.1. The molecule has 2 unspecified atom stereocenters. The quantitative estimate of drug-likeness (QED) is 0.870. The smallest absolute Gasteiger partial charge is 0.170 e. The molecule has 2 rings (SSSR count). The minimum Gasteiger partial charge on any atom is -0.380 e. The third-order valence-corrected chi connectivity index (χ3v) is 4.61. The molecule has 1 aliphatic heterocycles. The number of rotatable bonds is 3. The van der Waals surface area contributed by atoms with E-state index in [2.05, 4.69) is 14.7 Å². The largest absolute Gasteiger partial charge is 0.380 e. The summed E-state index contributed by atoms with van der Waals surface area (Å²) in [6.45, 7) is 3.58. The van der Waals surface area contributed by atoms with Crippen molar-refractivity contribution in [2.75, 3.05) is 20.3 Å². The van der Waals surface area contributed by atoms with Crippen LogP contribution in [0.1, 0.15) is 12.2 Å². The average Bonchev–Trinajstić information content (AvgIpc) is 2.65. The van der Waals surface area contributed by atoms with Gasteiger partial charge in [-0.3, -0.25) is 0 Å². The summed E-state index contributed by atoms with van der Waals surface area (Å²) in [5.74, 6) is 0.861. The van der Waals surface area contributed by atoms with E-state index in [9.17, 15) is 0 Å². The molecule has 1 N–H and O–H groups in total. The number of thioether (sulfide) groups is 1. The van der Waals surface area contributed by atoms with Crippen molar-refractivity contribution in [2.45, 2.75) is 29.0 Å². The highest BCUT2D eigenvalue weighted by Crippen LogP contribution is 2.29. The standard InChI is InChI=1S/C9H15N3OS2/c1-6-11-9(15-12-6)14-8-5-13-4-3-7(8)10-2/h7-8,10H,3-5H2,1-2H3. The van der Waals surface area contributed by atoms with Gasteiger partial charge in [-0.25, -0.2) is 4.98 Å².